The van der Waals surface area contributed by atoms with Gasteiger partial charge in [0.1, 0.15) is 11.4 Å². The molecule has 3 nitrogen and oxygen atoms in total. The molecule has 0 bridgehead atoms. The first-order chi connectivity index (χ1) is 11.3. The molecule has 0 heterocycles. The van der Waals surface area contributed by atoms with E-state index in [0.717, 1.165) is 11.3 Å². The molecule has 4 heteroatoms. The zero-order valence-corrected chi connectivity index (χ0v) is 18.7. The predicted molar refractivity (Wildman–Crippen MR) is 108 cm³/mol. The minimum atomic E-state index is -2.04. The number of esters is 1. The highest BCUT2D eigenvalue weighted by Crippen LogP contribution is 2.43. The Morgan fingerprint density at radius 2 is 1.44 bits per heavy atom. The highest BCUT2D eigenvalue weighted by Gasteiger charge is 2.47. The molecule has 0 unspecified atom stereocenters. The van der Waals surface area contributed by atoms with Crippen LogP contribution in [0.2, 0.25) is 16.6 Å². The SMILES string of the molecule is Cc1ccc(O[Si](C(C)C)(C(C)C)C(C)C)cc1C(=O)OC(C)(C)C. The second kappa shape index (κ2) is 7.94. The summed E-state index contributed by atoms with van der Waals surface area (Å²) in [6.07, 6.45) is 0. The maximum atomic E-state index is 12.5. The number of ether oxygens (including phenoxy) is 1. The maximum absolute atomic E-state index is 12.5. The Morgan fingerprint density at radius 1 is 0.960 bits per heavy atom. The Balaban J connectivity index is 3.27. The summed E-state index contributed by atoms with van der Waals surface area (Å²) in [6, 6.07) is 5.80. The third kappa shape index (κ3) is 5.10. The van der Waals surface area contributed by atoms with Crippen molar-refractivity contribution in [1.82, 2.24) is 0 Å². The van der Waals surface area contributed by atoms with Crippen molar-refractivity contribution in [2.45, 2.75) is 91.5 Å². The average Bonchev–Trinajstić information content (AvgIpc) is 2.43. The third-order valence-electron chi connectivity index (χ3n) is 4.83. The smallest absolute Gasteiger partial charge is 0.339 e. The van der Waals surface area contributed by atoms with E-state index in [2.05, 4.69) is 41.5 Å². The van der Waals surface area contributed by atoms with Crippen molar-refractivity contribution in [2.24, 2.45) is 0 Å². The minimum Gasteiger partial charge on any atom is -0.543 e. The van der Waals surface area contributed by atoms with E-state index in [1.807, 2.05) is 45.9 Å². The quantitative estimate of drug-likeness (QED) is 0.426. The van der Waals surface area contributed by atoms with Crippen LogP contribution in [-0.2, 0) is 4.74 Å². The highest BCUT2D eigenvalue weighted by atomic mass is 28.4. The molecule has 0 aliphatic rings. The second-order valence-corrected chi connectivity index (χ2v) is 14.3. The van der Waals surface area contributed by atoms with E-state index < -0.39 is 13.9 Å². The monoisotopic (exact) mass is 364 g/mol. The summed E-state index contributed by atoms with van der Waals surface area (Å²) >= 11 is 0. The van der Waals surface area contributed by atoms with Crippen LogP contribution in [0.3, 0.4) is 0 Å². The molecule has 0 radical (unpaired) electrons. The summed E-state index contributed by atoms with van der Waals surface area (Å²) in [4.78, 5) is 12.5. The van der Waals surface area contributed by atoms with Crippen molar-refractivity contribution >= 4 is 14.3 Å². The van der Waals surface area contributed by atoms with E-state index in [4.69, 9.17) is 9.16 Å². The van der Waals surface area contributed by atoms with Crippen molar-refractivity contribution in [3.05, 3.63) is 29.3 Å². The van der Waals surface area contributed by atoms with Crippen LogP contribution in [-0.4, -0.2) is 19.9 Å². The van der Waals surface area contributed by atoms with Gasteiger partial charge in [-0.2, -0.15) is 0 Å². The molecule has 0 atom stereocenters. The van der Waals surface area contributed by atoms with Crippen LogP contribution in [0.5, 0.6) is 5.75 Å². The van der Waals surface area contributed by atoms with E-state index in [0.29, 0.717) is 22.2 Å². The lowest BCUT2D eigenvalue weighted by Gasteiger charge is -2.42. The largest absolute Gasteiger partial charge is 0.543 e. The van der Waals surface area contributed by atoms with Crippen molar-refractivity contribution in [3.8, 4) is 5.75 Å². The molecule has 0 spiro atoms. The number of carbonyl (C=O) groups excluding carboxylic acids is 1. The topological polar surface area (TPSA) is 35.5 Å². The third-order valence-corrected chi connectivity index (χ3v) is 10.8. The van der Waals surface area contributed by atoms with Gasteiger partial charge in [-0.25, -0.2) is 4.79 Å². The number of rotatable bonds is 6. The Morgan fingerprint density at radius 3 is 1.84 bits per heavy atom. The molecule has 0 fully saturated rings. The van der Waals surface area contributed by atoms with Gasteiger partial charge in [0.2, 0.25) is 0 Å². The number of benzene rings is 1. The molecule has 1 aromatic rings. The van der Waals surface area contributed by atoms with Gasteiger partial charge in [0.15, 0.2) is 0 Å². The highest BCUT2D eigenvalue weighted by molar-refractivity contribution is 6.78. The van der Waals surface area contributed by atoms with Crippen LogP contribution in [0, 0.1) is 6.92 Å². The van der Waals surface area contributed by atoms with Gasteiger partial charge in [-0.05, 0) is 62.0 Å². The molecule has 0 amide bonds. The molecule has 142 valence electrons. The molecule has 0 saturated carbocycles. The lowest BCUT2D eigenvalue weighted by atomic mass is 10.1. The fraction of sp³-hybridized carbons (Fsp3) is 0.667. The van der Waals surface area contributed by atoms with Crippen LogP contribution >= 0.6 is 0 Å². The number of aryl methyl sites for hydroxylation is 1. The first-order valence-corrected chi connectivity index (χ1v) is 11.5. The summed E-state index contributed by atoms with van der Waals surface area (Å²) in [5.74, 6) is 0.496. The van der Waals surface area contributed by atoms with E-state index in [1.54, 1.807) is 0 Å². The standard InChI is InChI=1S/C21H36O3Si/c1-14(2)25(15(3)4,16(5)6)24-18-12-11-17(7)19(13-18)20(22)23-21(8,9)10/h11-16H,1-10H3. The summed E-state index contributed by atoms with van der Waals surface area (Å²) < 4.78 is 12.2. The molecule has 0 aliphatic carbocycles. The van der Waals surface area contributed by atoms with Gasteiger partial charge in [0, 0.05) is 0 Å². The Labute approximate surface area is 155 Å². The molecule has 1 aromatic carbocycles. The van der Waals surface area contributed by atoms with Gasteiger partial charge in [0.25, 0.3) is 8.32 Å². The zero-order chi connectivity index (χ0) is 19.6. The number of hydrogen-bond donors (Lipinski definition) is 0. The first-order valence-electron chi connectivity index (χ1n) is 9.34. The Hall–Kier alpha value is -1.29. The summed E-state index contributed by atoms with van der Waals surface area (Å²) in [7, 11) is -2.04. The van der Waals surface area contributed by atoms with Crippen LogP contribution in [0.1, 0.15) is 78.2 Å². The normalized spacial score (nSPS) is 12.8. The van der Waals surface area contributed by atoms with Gasteiger partial charge in [-0.15, -0.1) is 0 Å². The molecular weight excluding hydrogens is 328 g/mol. The minimum absolute atomic E-state index is 0.290. The molecule has 25 heavy (non-hydrogen) atoms. The summed E-state index contributed by atoms with van der Waals surface area (Å²) in [5, 5.41) is 0. The molecule has 0 aromatic heterocycles. The zero-order valence-electron chi connectivity index (χ0n) is 17.7. The van der Waals surface area contributed by atoms with Gasteiger partial charge in [0.05, 0.1) is 5.56 Å². The van der Waals surface area contributed by atoms with Crippen LogP contribution < -0.4 is 4.43 Å². The second-order valence-electron chi connectivity index (χ2n) is 8.90. The first kappa shape index (κ1) is 21.7. The molecule has 0 saturated heterocycles. The van der Waals surface area contributed by atoms with Crippen molar-refractivity contribution in [3.63, 3.8) is 0 Å². The fourth-order valence-corrected chi connectivity index (χ4v) is 9.02. The van der Waals surface area contributed by atoms with E-state index in [-0.39, 0.29) is 5.97 Å². The molecule has 1 rings (SSSR count). The lowest BCUT2D eigenvalue weighted by Crippen LogP contribution is -2.50. The van der Waals surface area contributed by atoms with Crippen LogP contribution in [0.4, 0.5) is 0 Å². The van der Waals surface area contributed by atoms with Gasteiger partial charge >= 0.3 is 5.97 Å². The fourth-order valence-electron chi connectivity index (χ4n) is 3.78. The molecule has 0 N–H and O–H groups in total. The van der Waals surface area contributed by atoms with Crippen molar-refractivity contribution < 1.29 is 14.0 Å². The van der Waals surface area contributed by atoms with Crippen molar-refractivity contribution in [1.29, 1.82) is 0 Å². The van der Waals surface area contributed by atoms with Crippen molar-refractivity contribution in [2.75, 3.05) is 0 Å². The lowest BCUT2D eigenvalue weighted by molar-refractivity contribution is 0.00684. The number of hydrogen-bond acceptors (Lipinski definition) is 3. The molecule has 0 aliphatic heterocycles. The van der Waals surface area contributed by atoms with E-state index in [9.17, 15) is 4.79 Å². The van der Waals surface area contributed by atoms with Gasteiger partial charge in [-0.1, -0.05) is 47.6 Å². The van der Waals surface area contributed by atoms with E-state index >= 15 is 0 Å². The Kier molecular flexibility index (Phi) is 6.91. The Bertz CT molecular complexity index is 576. The van der Waals surface area contributed by atoms with Crippen LogP contribution in [0.15, 0.2) is 18.2 Å². The van der Waals surface area contributed by atoms with Gasteiger partial charge in [-0.3, -0.25) is 0 Å². The maximum Gasteiger partial charge on any atom is 0.339 e. The van der Waals surface area contributed by atoms with E-state index in [1.165, 1.54) is 0 Å². The summed E-state index contributed by atoms with van der Waals surface area (Å²) in [5.41, 5.74) is 2.45. The van der Waals surface area contributed by atoms with Crippen LogP contribution in [0.25, 0.3) is 0 Å². The number of carbonyl (C=O) groups is 1. The average molecular weight is 365 g/mol. The van der Waals surface area contributed by atoms with Gasteiger partial charge < -0.3 is 9.16 Å². The molecular formula is C21H36O3Si. The summed E-state index contributed by atoms with van der Waals surface area (Å²) in [6.45, 7) is 21.1. The predicted octanol–water partition coefficient (Wildman–Crippen LogP) is 6.50.